The molecule has 6 heteroatoms. The number of sulfone groups is 1. The van der Waals surface area contributed by atoms with E-state index in [1.807, 2.05) is 0 Å². The SMILES string of the molecule is O=S(=O)(c1ccccc1)C(F)(F)C(O)(/C=C/c1ccccc1)c1ccccc1. The number of hydrogen-bond acceptors (Lipinski definition) is 3. The third-order valence-corrected chi connectivity index (χ3v) is 6.24. The van der Waals surface area contributed by atoms with E-state index in [1.54, 1.807) is 36.4 Å². The first-order chi connectivity index (χ1) is 13.3. The van der Waals surface area contributed by atoms with Gasteiger partial charge in [0.15, 0.2) is 5.60 Å². The molecule has 1 atom stereocenters. The molecule has 0 fully saturated rings. The Labute approximate surface area is 162 Å². The van der Waals surface area contributed by atoms with Crippen LogP contribution in [0.1, 0.15) is 11.1 Å². The highest BCUT2D eigenvalue weighted by molar-refractivity contribution is 7.92. The highest BCUT2D eigenvalue weighted by Gasteiger charge is 2.62. The molecule has 3 rings (SSSR count). The Hall–Kier alpha value is -2.83. The Bertz CT molecular complexity index is 1050. The topological polar surface area (TPSA) is 54.4 Å². The van der Waals surface area contributed by atoms with Crippen molar-refractivity contribution in [2.24, 2.45) is 0 Å². The van der Waals surface area contributed by atoms with Crippen LogP contribution in [0.5, 0.6) is 0 Å². The molecular weight excluding hydrogens is 382 g/mol. The van der Waals surface area contributed by atoms with Crippen molar-refractivity contribution in [1.29, 1.82) is 0 Å². The molecule has 0 aliphatic carbocycles. The summed E-state index contributed by atoms with van der Waals surface area (Å²) in [6, 6.07) is 21.9. The number of alkyl halides is 2. The van der Waals surface area contributed by atoms with Gasteiger partial charge in [0, 0.05) is 0 Å². The second kappa shape index (κ2) is 7.66. The average molecular weight is 400 g/mol. The molecule has 0 amide bonds. The van der Waals surface area contributed by atoms with Crippen LogP contribution in [0.2, 0.25) is 0 Å². The third kappa shape index (κ3) is 3.48. The molecule has 0 spiro atoms. The lowest BCUT2D eigenvalue weighted by atomic mass is 9.92. The lowest BCUT2D eigenvalue weighted by Crippen LogP contribution is -2.49. The summed E-state index contributed by atoms with van der Waals surface area (Å²) in [5.41, 5.74) is -2.75. The fourth-order valence-electron chi connectivity index (χ4n) is 2.79. The van der Waals surface area contributed by atoms with Crippen LogP contribution in [0, 0.1) is 0 Å². The van der Waals surface area contributed by atoms with E-state index < -0.39 is 25.6 Å². The maximum Gasteiger partial charge on any atom is 0.385 e. The Morgan fingerprint density at radius 2 is 1.21 bits per heavy atom. The highest BCUT2D eigenvalue weighted by atomic mass is 32.2. The van der Waals surface area contributed by atoms with Crippen molar-refractivity contribution < 1.29 is 22.3 Å². The quantitative estimate of drug-likeness (QED) is 0.655. The van der Waals surface area contributed by atoms with Gasteiger partial charge in [-0.3, -0.25) is 0 Å². The van der Waals surface area contributed by atoms with Gasteiger partial charge in [-0.2, -0.15) is 8.78 Å². The van der Waals surface area contributed by atoms with Gasteiger partial charge in [0.1, 0.15) is 0 Å². The normalized spacial score (nSPS) is 14.7. The van der Waals surface area contributed by atoms with E-state index in [0.717, 1.165) is 18.2 Å². The number of halogens is 2. The number of benzene rings is 3. The van der Waals surface area contributed by atoms with Crippen molar-refractivity contribution in [3.8, 4) is 0 Å². The summed E-state index contributed by atoms with van der Waals surface area (Å²) in [5, 5.41) is 6.53. The first kappa shape index (κ1) is 19.9. The lowest BCUT2D eigenvalue weighted by Gasteiger charge is -2.33. The van der Waals surface area contributed by atoms with Crippen LogP contribution >= 0.6 is 0 Å². The maximum atomic E-state index is 15.4. The molecule has 0 aliphatic heterocycles. The second-order valence-corrected chi connectivity index (χ2v) is 8.20. The van der Waals surface area contributed by atoms with Gasteiger partial charge < -0.3 is 5.11 Å². The van der Waals surface area contributed by atoms with Crippen molar-refractivity contribution in [1.82, 2.24) is 0 Å². The molecule has 144 valence electrons. The standard InChI is InChI=1S/C22H18F2O3S/c23-22(24,28(26,27)20-14-8-3-9-15-20)21(25,19-12-6-2-7-13-19)17-16-18-10-4-1-5-11-18/h1-17,25H/b17-16+. The molecule has 1 unspecified atom stereocenters. The van der Waals surface area contributed by atoms with Crippen molar-refractivity contribution in [3.63, 3.8) is 0 Å². The summed E-state index contributed by atoms with van der Waals surface area (Å²) in [6.45, 7) is 0. The van der Waals surface area contributed by atoms with Gasteiger partial charge in [0.2, 0.25) is 9.84 Å². The minimum absolute atomic E-state index is 0.230. The van der Waals surface area contributed by atoms with Crippen molar-refractivity contribution in [3.05, 3.63) is 108 Å². The van der Waals surface area contributed by atoms with Crippen LogP contribution in [0.4, 0.5) is 8.78 Å². The van der Waals surface area contributed by atoms with E-state index in [9.17, 15) is 13.5 Å². The van der Waals surface area contributed by atoms with Crippen molar-refractivity contribution >= 4 is 15.9 Å². The Kier molecular flexibility index (Phi) is 5.45. The van der Waals surface area contributed by atoms with Gasteiger partial charge in [-0.1, -0.05) is 84.9 Å². The van der Waals surface area contributed by atoms with Gasteiger partial charge in [-0.25, -0.2) is 8.42 Å². The van der Waals surface area contributed by atoms with Gasteiger partial charge in [0.05, 0.1) is 4.90 Å². The van der Waals surface area contributed by atoms with Gasteiger partial charge in [0.25, 0.3) is 0 Å². The molecular formula is C22H18F2O3S. The summed E-state index contributed by atoms with van der Waals surface area (Å²) < 4.78 is 56.4. The minimum atomic E-state index is -5.18. The smallest absolute Gasteiger partial charge is 0.374 e. The van der Waals surface area contributed by atoms with Crippen molar-refractivity contribution in [2.45, 2.75) is 15.8 Å². The van der Waals surface area contributed by atoms with Crippen LogP contribution in [0.3, 0.4) is 0 Å². The monoisotopic (exact) mass is 400 g/mol. The molecule has 0 bridgehead atoms. The first-order valence-electron chi connectivity index (χ1n) is 8.49. The molecule has 0 heterocycles. The average Bonchev–Trinajstić information content (AvgIpc) is 2.73. The molecule has 0 saturated heterocycles. The molecule has 1 N–H and O–H groups in total. The zero-order chi connectivity index (χ0) is 20.3. The molecule has 0 aromatic heterocycles. The molecule has 0 saturated carbocycles. The molecule has 3 nitrogen and oxygen atoms in total. The van der Waals surface area contributed by atoms with E-state index in [4.69, 9.17) is 0 Å². The number of aliphatic hydroxyl groups is 1. The summed E-state index contributed by atoms with van der Waals surface area (Å²) in [7, 11) is -5.18. The second-order valence-electron chi connectivity index (χ2n) is 6.21. The third-order valence-electron chi connectivity index (χ3n) is 4.37. The van der Waals surface area contributed by atoms with E-state index in [-0.39, 0.29) is 5.56 Å². The van der Waals surface area contributed by atoms with Gasteiger partial charge in [-0.15, -0.1) is 0 Å². The zero-order valence-electron chi connectivity index (χ0n) is 14.7. The summed E-state index contributed by atoms with van der Waals surface area (Å²) in [4.78, 5) is -0.567. The van der Waals surface area contributed by atoms with Crippen LogP contribution in [0.25, 0.3) is 6.08 Å². The van der Waals surface area contributed by atoms with Crippen LogP contribution in [0.15, 0.2) is 102 Å². The number of hydrogen-bond donors (Lipinski definition) is 1. The maximum absolute atomic E-state index is 15.4. The predicted molar refractivity (Wildman–Crippen MR) is 104 cm³/mol. The molecule has 0 aliphatic rings. The lowest BCUT2D eigenvalue weighted by molar-refractivity contribution is -0.0991. The van der Waals surface area contributed by atoms with Crippen molar-refractivity contribution in [2.75, 3.05) is 0 Å². The minimum Gasteiger partial charge on any atom is -0.374 e. The van der Waals surface area contributed by atoms with Crippen LogP contribution in [-0.2, 0) is 15.4 Å². The molecule has 28 heavy (non-hydrogen) atoms. The number of rotatable bonds is 6. The highest BCUT2D eigenvalue weighted by Crippen LogP contribution is 2.45. The van der Waals surface area contributed by atoms with Crippen LogP contribution < -0.4 is 0 Å². The predicted octanol–water partition coefficient (Wildman–Crippen LogP) is 4.65. The molecule has 3 aromatic carbocycles. The van der Waals surface area contributed by atoms with Gasteiger partial charge in [-0.05, 0) is 29.3 Å². The Morgan fingerprint density at radius 3 is 1.75 bits per heavy atom. The van der Waals surface area contributed by atoms with E-state index >= 15 is 8.78 Å². The Balaban J connectivity index is 2.17. The molecule has 0 radical (unpaired) electrons. The van der Waals surface area contributed by atoms with E-state index in [1.165, 1.54) is 48.5 Å². The van der Waals surface area contributed by atoms with Crippen LogP contribution in [-0.4, -0.2) is 18.8 Å². The first-order valence-corrected chi connectivity index (χ1v) is 9.97. The fraction of sp³-hybridized carbons (Fsp3) is 0.0909. The molecule has 3 aromatic rings. The summed E-state index contributed by atoms with van der Waals surface area (Å²) in [5.74, 6) is 0. The zero-order valence-corrected chi connectivity index (χ0v) is 15.6. The summed E-state index contributed by atoms with van der Waals surface area (Å²) >= 11 is 0. The van der Waals surface area contributed by atoms with Gasteiger partial charge >= 0.3 is 5.25 Å². The summed E-state index contributed by atoms with van der Waals surface area (Å²) in [6.07, 6.45) is 2.11. The fourth-order valence-corrected chi connectivity index (χ4v) is 4.19. The largest absolute Gasteiger partial charge is 0.385 e. The Morgan fingerprint density at radius 1 is 0.750 bits per heavy atom. The van der Waals surface area contributed by atoms with E-state index in [2.05, 4.69) is 0 Å². The van der Waals surface area contributed by atoms with E-state index in [0.29, 0.717) is 5.56 Å².